The summed E-state index contributed by atoms with van der Waals surface area (Å²) >= 11 is 0. The molecule has 0 heterocycles. The summed E-state index contributed by atoms with van der Waals surface area (Å²) in [5.41, 5.74) is 8.79. The van der Waals surface area contributed by atoms with Crippen molar-refractivity contribution in [3.63, 3.8) is 0 Å². The van der Waals surface area contributed by atoms with E-state index in [9.17, 15) is 20.1 Å². The first-order valence-electron chi connectivity index (χ1n) is 11.6. The summed E-state index contributed by atoms with van der Waals surface area (Å²) in [7, 11) is 0. The third kappa shape index (κ3) is 2.48. The zero-order valence-corrected chi connectivity index (χ0v) is 19.8. The molecule has 1 saturated carbocycles. The van der Waals surface area contributed by atoms with Crippen LogP contribution in [0.1, 0.15) is 80.9 Å². The second-order valence-electron chi connectivity index (χ2n) is 10.4. The number of benzene rings is 1. The predicted octanol–water partition coefficient (Wildman–Crippen LogP) is 5.08. The van der Waals surface area contributed by atoms with Gasteiger partial charge in [-0.2, -0.15) is 0 Å². The monoisotopic (exact) mass is 432 g/mol. The average molecular weight is 433 g/mol. The van der Waals surface area contributed by atoms with Crippen molar-refractivity contribution in [2.45, 2.75) is 78.9 Å². The van der Waals surface area contributed by atoms with Crippen LogP contribution in [0.15, 0.2) is 39.5 Å². The van der Waals surface area contributed by atoms with Crippen LogP contribution >= 0.6 is 0 Å². The van der Waals surface area contributed by atoms with Gasteiger partial charge in [0.15, 0.2) is 5.78 Å². The van der Waals surface area contributed by atoms with Crippen molar-refractivity contribution < 1.29 is 20.1 Å². The molecule has 1 aromatic rings. The summed E-state index contributed by atoms with van der Waals surface area (Å²) in [6, 6.07) is 0. The molecule has 1 spiro atoms. The quantitative estimate of drug-likeness (QED) is 0.623. The van der Waals surface area contributed by atoms with E-state index in [0.29, 0.717) is 11.1 Å². The normalized spacial score (nSPS) is 27.8. The fourth-order valence-electron chi connectivity index (χ4n) is 6.48. The first-order valence-corrected chi connectivity index (χ1v) is 11.6. The highest BCUT2D eigenvalue weighted by molar-refractivity contribution is 6.10. The van der Waals surface area contributed by atoms with Gasteiger partial charge >= 0.3 is 0 Å². The Kier molecular flexibility index (Phi) is 4.39. The standard InChI is InChI=1S/C28H32O4/c1-13-11-21-22(17(5)28(9-10-28)27(6,32)26(21)31)18(13)7-8-19-15(3)20-12-14(2)24(29)23(20)25(30)16(19)4/h11-12,24,29-30,32H,7-10H2,1-6H3/t24?,27-/m0/s1. The van der Waals surface area contributed by atoms with E-state index in [2.05, 4.69) is 13.8 Å². The number of hydrogen-bond donors (Lipinski definition) is 3. The maximum absolute atomic E-state index is 13.2. The highest BCUT2D eigenvalue weighted by atomic mass is 16.3. The van der Waals surface area contributed by atoms with Crippen LogP contribution in [-0.2, 0) is 11.2 Å². The van der Waals surface area contributed by atoms with Crippen LogP contribution in [-0.4, -0.2) is 26.7 Å². The Labute approximate surface area is 189 Å². The largest absolute Gasteiger partial charge is 0.507 e. The van der Waals surface area contributed by atoms with E-state index in [-0.39, 0.29) is 11.5 Å². The van der Waals surface area contributed by atoms with Crippen molar-refractivity contribution in [1.82, 2.24) is 0 Å². The molecule has 0 aromatic heterocycles. The number of aromatic hydroxyl groups is 1. The highest BCUT2D eigenvalue weighted by Crippen LogP contribution is 2.65. The van der Waals surface area contributed by atoms with Crippen LogP contribution in [0, 0.1) is 19.3 Å². The van der Waals surface area contributed by atoms with Gasteiger partial charge < -0.3 is 15.3 Å². The Morgan fingerprint density at radius 1 is 1.03 bits per heavy atom. The van der Waals surface area contributed by atoms with Crippen LogP contribution < -0.4 is 0 Å². The van der Waals surface area contributed by atoms with Crippen molar-refractivity contribution in [1.29, 1.82) is 0 Å². The minimum absolute atomic E-state index is 0.151. The van der Waals surface area contributed by atoms with Crippen molar-refractivity contribution in [2.24, 2.45) is 5.41 Å². The van der Waals surface area contributed by atoms with E-state index >= 15 is 0 Å². The van der Waals surface area contributed by atoms with E-state index in [1.807, 2.05) is 32.9 Å². The molecular formula is C28H32O4. The molecule has 32 heavy (non-hydrogen) atoms. The number of phenolic OH excluding ortho intramolecular Hbond substituents is 1. The van der Waals surface area contributed by atoms with Crippen molar-refractivity contribution in [2.75, 3.05) is 0 Å². The molecule has 4 heteroatoms. The molecule has 4 nitrogen and oxygen atoms in total. The van der Waals surface area contributed by atoms with Crippen LogP contribution in [0.25, 0.3) is 6.08 Å². The Morgan fingerprint density at radius 3 is 2.31 bits per heavy atom. The zero-order chi connectivity index (χ0) is 23.3. The third-order valence-electron chi connectivity index (χ3n) is 8.78. The van der Waals surface area contributed by atoms with E-state index in [0.717, 1.165) is 70.2 Å². The topological polar surface area (TPSA) is 77.8 Å². The summed E-state index contributed by atoms with van der Waals surface area (Å²) in [5, 5.41) is 32.4. The van der Waals surface area contributed by atoms with Crippen LogP contribution in [0.2, 0.25) is 0 Å². The molecule has 168 valence electrons. The van der Waals surface area contributed by atoms with E-state index in [1.54, 1.807) is 6.92 Å². The van der Waals surface area contributed by atoms with Crippen LogP contribution in [0.4, 0.5) is 0 Å². The number of hydrogen-bond acceptors (Lipinski definition) is 4. The lowest BCUT2D eigenvalue weighted by molar-refractivity contribution is -0.137. The number of aliphatic hydroxyl groups is 2. The molecule has 4 aliphatic carbocycles. The summed E-state index contributed by atoms with van der Waals surface area (Å²) in [4.78, 5) is 13.2. The Balaban J connectivity index is 1.53. The van der Waals surface area contributed by atoms with Gasteiger partial charge in [-0.1, -0.05) is 11.6 Å². The predicted molar refractivity (Wildman–Crippen MR) is 125 cm³/mol. The fourth-order valence-corrected chi connectivity index (χ4v) is 6.48. The van der Waals surface area contributed by atoms with Gasteiger partial charge in [0.2, 0.25) is 0 Å². The first-order chi connectivity index (χ1) is 14.9. The SMILES string of the molecule is CC1=Cc2c(C)c(CCC3=C(C)C=C4C(=O)[C@](C)(O)C5(CC5)C(C)=C43)c(C)c(O)c2C1O. The maximum Gasteiger partial charge on any atom is 0.195 e. The van der Waals surface area contributed by atoms with E-state index in [4.69, 9.17) is 0 Å². The maximum atomic E-state index is 13.2. The van der Waals surface area contributed by atoms with Gasteiger partial charge in [-0.25, -0.2) is 0 Å². The molecule has 0 amide bonds. The summed E-state index contributed by atoms with van der Waals surface area (Å²) in [5.74, 6) is 0.0374. The number of aliphatic hydroxyl groups excluding tert-OH is 1. The smallest absolute Gasteiger partial charge is 0.195 e. The number of fused-ring (bicyclic) bond motifs is 2. The first kappa shape index (κ1) is 21.4. The van der Waals surface area contributed by atoms with Gasteiger partial charge in [0.05, 0.1) is 0 Å². The van der Waals surface area contributed by atoms with Crippen molar-refractivity contribution in [3.05, 3.63) is 67.3 Å². The molecule has 0 bridgehead atoms. The molecule has 4 aliphatic rings. The zero-order valence-electron chi connectivity index (χ0n) is 19.8. The van der Waals surface area contributed by atoms with E-state index < -0.39 is 17.1 Å². The molecule has 3 N–H and O–H groups in total. The third-order valence-corrected chi connectivity index (χ3v) is 8.78. The number of phenols is 1. The molecule has 1 aromatic carbocycles. The lowest BCUT2D eigenvalue weighted by atomic mass is 9.67. The highest BCUT2D eigenvalue weighted by Gasteiger charge is 2.65. The minimum Gasteiger partial charge on any atom is -0.507 e. The second kappa shape index (κ2) is 6.55. The Hall–Kier alpha value is -2.43. The fraction of sp³-hybridized carbons (Fsp3) is 0.464. The van der Waals surface area contributed by atoms with Gasteiger partial charge in [0.25, 0.3) is 0 Å². The summed E-state index contributed by atoms with van der Waals surface area (Å²) < 4.78 is 0. The van der Waals surface area contributed by atoms with Gasteiger partial charge in [-0.3, -0.25) is 4.79 Å². The molecule has 1 unspecified atom stereocenters. The number of carbonyl (C=O) groups excluding carboxylic acids is 1. The number of rotatable bonds is 3. The van der Waals surface area contributed by atoms with Crippen molar-refractivity contribution >= 4 is 11.9 Å². The number of Topliss-reactive ketones (excluding diaryl/α,β-unsaturated/α-hetero) is 1. The molecule has 5 rings (SSSR count). The molecule has 0 radical (unpaired) electrons. The molecule has 2 atom stereocenters. The molecule has 1 fully saturated rings. The second-order valence-corrected chi connectivity index (χ2v) is 10.4. The molecule has 0 aliphatic heterocycles. The summed E-state index contributed by atoms with van der Waals surface area (Å²) in [6.07, 6.45) is 6.38. The van der Waals surface area contributed by atoms with Gasteiger partial charge in [-0.05, 0) is 118 Å². The number of carbonyl (C=O) groups is 1. The lowest BCUT2D eigenvalue weighted by Gasteiger charge is -2.39. The molecular weight excluding hydrogens is 400 g/mol. The Bertz CT molecular complexity index is 1230. The lowest BCUT2D eigenvalue weighted by Crippen LogP contribution is -2.49. The van der Waals surface area contributed by atoms with Gasteiger partial charge in [-0.15, -0.1) is 0 Å². The van der Waals surface area contributed by atoms with Crippen LogP contribution in [0.3, 0.4) is 0 Å². The number of allylic oxidation sites excluding steroid dienone is 4. The number of ketones is 1. The minimum atomic E-state index is -1.33. The molecule has 0 saturated heterocycles. The summed E-state index contributed by atoms with van der Waals surface area (Å²) in [6.45, 7) is 11.7. The Morgan fingerprint density at radius 2 is 1.69 bits per heavy atom. The van der Waals surface area contributed by atoms with E-state index in [1.165, 1.54) is 5.57 Å². The van der Waals surface area contributed by atoms with Gasteiger partial charge in [0.1, 0.15) is 17.5 Å². The van der Waals surface area contributed by atoms with Crippen LogP contribution in [0.5, 0.6) is 5.75 Å². The van der Waals surface area contributed by atoms with Crippen molar-refractivity contribution in [3.8, 4) is 5.75 Å². The van der Waals surface area contributed by atoms with Gasteiger partial charge in [0, 0.05) is 16.6 Å². The average Bonchev–Trinajstić information content (AvgIpc) is 3.42.